The molecule has 150 valence electrons. The van der Waals surface area contributed by atoms with Gasteiger partial charge < -0.3 is 9.80 Å². The van der Waals surface area contributed by atoms with Crippen molar-refractivity contribution in [3.8, 4) is 0 Å². The zero-order valence-electron chi connectivity index (χ0n) is 16.2. The van der Waals surface area contributed by atoms with E-state index < -0.39 is 0 Å². The van der Waals surface area contributed by atoms with E-state index >= 15 is 0 Å². The van der Waals surface area contributed by atoms with Gasteiger partial charge in [0.25, 0.3) is 5.69 Å². The van der Waals surface area contributed by atoms with Crippen LogP contribution in [0.15, 0.2) is 48.5 Å². The summed E-state index contributed by atoms with van der Waals surface area (Å²) in [5.74, 6) is 0.0554. The molecule has 2 aromatic carbocycles. The quantitative estimate of drug-likeness (QED) is 0.468. The number of benzene rings is 2. The summed E-state index contributed by atoms with van der Waals surface area (Å²) in [4.78, 5) is 32.2. The van der Waals surface area contributed by atoms with Gasteiger partial charge in [-0.2, -0.15) is 0 Å². The number of thiazole rings is 1. The van der Waals surface area contributed by atoms with E-state index in [1.165, 1.54) is 6.07 Å². The summed E-state index contributed by atoms with van der Waals surface area (Å²) in [5, 5.41) is 12.2. The van der Waals surface area contributed by atoms with E-state index in [-0.39, 0.29) is 22.4 Å². The number of nitro benzene ring substituents is 1. The first kappa shape index (κ1) is 19.3. The Morgan fingerprint density at radius 3 is 2.62 bits per heavy atom. The average molecular weight is 410 g/mol. The smallest absolute Gasteiger partial charge is 0.292 e. The summed E-state index contributed by atoms with van der Waals surface area (Å²) in [6.07, 6.45) is 1.38. The lowest BCUT2D eigenvalue weighted by molar-refractivity contribution is -0.384. The fraction of sp³-hybridized carbons (Fsp3) is 0.333. The molecule has 1 saturated heterocycles. The van der Waals surface area contributed by atoms with Crippen LogP contribution in [0.2, 0.25) is 0 Å². The average Bonchev–Trinajstić information content (AvgIpc) is 3.15. The molecule has 1 amide bonds. The molecule has 0 aliphatic carbocycles. The van der Waals surface area contributed by atoms with Crippen LogP contribution in [-0.2, 0) is 11.3 Å². The zero-order valence-corrected chi connectivity index (χ0v) is 17.0. The number of amides is 1. The molecule has 29 heavy (non-hydrogen) atoms. The molecular formula is C21H22N4O3S. The van der Waals surface area contributed by atoms with Crippen molar-refractivity contribution in [3.05, 3.63) is 63.7 Å². The van der Waals surface area contributed by atoms with E-state index in [1.54, 1.807) is 28.4 Å². The maximum absolute atomic E-state index is 12.9. The first-order valence-corrected chi connectivity index (χ1v) is 10.4. The highest BCUT2D eigenvalue weighted by Gasteiger charge is 2.29. The van der Waals surface area contributed by atoms with Gasteiger partial charge in [-0.05, 0) is 31.0 Å². The lowest BCUT2D eigenvalue weighted by atomic mass is 9.95. The van der Waals surface area contributed by atoms with Gasteiger partial charge in [-0.1, -0.05) is 24.3 Å². The highest BCUT2D eigenvalue weighted by molar-refractivity contribution is 7.18. The van der Waals surface area contributed by atoms with Crippen LogP contribution < -0.4 is 4.90 Å². The molecular weight excluding hydrogens is 388 g/mol. The minimum Gasteiger partial charge on any atom is -0.366 e. The molecule has 3 aromatic rings. The molecule has 0 N–H and O–H groups in total. The summed E-state index contributed by atoms with van der Waals surface area (Å²) >= 11 is 1.61. The number of aromatic nitrogens is 1. The van der Waals surface area contributed by atoms with E-state index in [0.29, 0.717) is 38.2 Å². The first-order valence-electron chi connectivity index (χ1n) is 9.60. The van der Waals surface area contributed by atoms with Gasteiger partial charge >= 0.3 is 0 Å². The second-order valence-electron chi connectivity index (χ2n) is 7.28. The number of rotatable bonds is 5. The van der Waals surface area contributed by atoms with Gasteiger partial charge in [-0.3, -0.25) is 14.9 Å². The topological polar surface area (TPSA) is 79.6 Å². The number of nitro groups is 1. The molecule has 1 aliphatic rings. The third kappa shape index (κ3) is 4.07. The number of carbonyl (C=O) groups is 1. The zero-order chi connectivity index (χ0) is 20.4. The van der Waals surface area contributed by atoms with Crippen molar-refractivity contribution in [1.29, 1.82) is 0 Å². The van der Waals surface area contributed by atoms with E-state index in [9.17, 15) is 14.9 Å². The largest absolute Gasteiger partial charge is 0.366 e. The summed E-state index contributed by atoms with van der Waals surface area (Å²) in [7, 11) is 1.82. The predicted octanol–water partition coefficient (Wildman–Crippen LogP) is 4.08. The number of hydrogen-bond donors (Lipinski definition) is 0. The first-order chi connectivity index (χ1) is 14.0. The van der Waals surface area contributed by atoms with E-state index in [2.05, 4.69) is 4.98 Å². The third-order valence-corrected chi connectivity index (χ3v) is 6.37. The fourth-order valence-electron chi connectivity index (χ4n) is 3.83. The molecule has 7 nitrogen and oxygen atoms in total. The number of hydrogen-bond acceptors (Lipinski definition) is 6. The Bertz CT molecular complexity index is 1010. The molecule has 1 aromatic heterocycles. The third-order valence-electron chi connectivity index (χ3n) is 5.35. The van der Waals surface area contributed by atoms with Gasteiger partial charge in [-0.15, -0.1) is 11.3 Å². The Morgan fingerprint density at radius 2 is 1.90 bits per heavy atom. The maximum Gasteiger partial charge on any atom is 0.292 e. The van der Waals surface area contributed by atoms with Crippen molar-refractivity contribution >= 4 is 38.8 Å². The molecule has 0 unspecified atom stereocenters. The Hall–Kier alpha value is -3.00. The minimum absolute atomic E-state index is 0.0617. The Balaban J connectivity index is 1.38. The standard InChI is InChI=1S/C21H22N4O3S/c1-23(14-20-22-16-6-2-5-9-19(16)29-20)21(26)15-10-12-24(13-11-15)17-7-3-4-8-18(17)25(27)28/h2-9,15H,10-14H2,1H3. The Morgan fingerprint density at radius 1 is 1.21 bits per heavy atom. The lowest BCUT2D eigenvalue weighted by Crippen LogP contribution is -2.41. The minimum atomic E-state index is -0.349. The number of piperidine rings is 1. The van der Waals surface area contributed by atoms with Crippen molar-refractivity contribution < 1.29 is 9.72 Å². The second-order valence-corrected chi connectivity index (χ2v) is 8.39. The molecule has 2 heterocycles. The molecule has 0 bridgehead atoms. The highest BCUT2D eigenvalue weighted by atomic mass is 32.1. The van der Waals surface area contributed by atoms with Crippen LogP contribution in [0.5, 0.6) is 0 Å². The van der Waals surface area contributed by atoms with Crippen LogP contribution in [-0.4, -0.2) is 40.9 Å². The van der Waals surface area contributed by atoms with Crippen LogP contribution in [0.3, 0.4) is 0 Å². The SMILES string of the molecule is CN(Cc1nc2ccccc2s1)C(=O)C1CCN(c2ccccc2[N+](=O)[O-])CC1. The van der Waals surface area contributed by atoms with Crippen LogP contribution >= 0.6 is 11.3 Å². The number of nitrogens with zero attached hydrogens (tertiary/aromatic N) is 4. The van der Waals surface area contributed by atoms with Gasteiger partial charge in [0.1, 0.15) is 10.7 Å². The molecule has 0 spiro atoms. The molecule has 0 atom stereocenters. The van der Waals surface area contributed by atoms with Crippen molar-refractivity contribution in [2.45, 2.75) is 19.4 Å². The number of carbonyl (C=O) groups excluding carboxylic acids is 1. The monoisotopic (exact) mass is 410 g/mol. The Labute approximate surface area is 172 Å². The highest BCUT2D eigenvalue weighted by Crippen LogP contribution is 2.32. The number of para-hydroxylation sites is 3. The second kappa shape index (κ2) is 8.16. The van der Waals surface area contributed by atoms with Crippen molar-refractivity contribution in [2.75, 3.05) is 25.0 Å². The van der Waals surface area contributed by atoms with Gasteiger partial charge in [-0.25, -0.2) is 4.98 Å². The summed E-state index contributed by atoms with van der Waals surface area (Å²) in [5.41, 5.74) is 1.71. The molecule has 4 rings (SSSR count). The van der Waals surface area contributed by atoms with E-state index in [1.807, 2.05) is 42.3 Å². The fourth-order valence-corrected chi connectivity index (χ4v) is 4.85. The van der Waals surface area contributed by atoms with Gasteiger partial charge in [0.2, 0.25) is 5.91 Å². The number of anilines is 1. The lowest BCUT2D eigenvalue weighted by Gasteiger charge is -2.34. The summed E-state index contributed by atoms with van der Waals surface area (Å²) in [6, 6.07) is 14.8. The predicted molar refractivity (Wildman–Crippen MR) is 114 cm³/mol. The van der Waals surface area contributed by atoms with Crippen LogP contribution in [0, 0.1) is 16.0 Å². The molecule has 1 aliphatic heterocycles. The van der Waals surface area contributed by atoms with E-state index in [4.69, 9.17) is 0 Å². The molecule has 0 radical (unpaired) electrons. The van der Waals surface area contributed by atoms with Crippen LogP contribution in [0.25, 0.3) is 10.2 Å². The normalized spacial score (nSPS) is 14.9. The van der Waals surface area contributed by atoms with Crippen molar-refractivity contribution in [1.82, 2.24) is 9.88 Å². The van der Waals surface area contributed by atoms with Crippen molar-refractivity contribution in [2.24, 2.45) is 5.92 Å². The van der Waals surface area contributed by atoms with E-state index in [0.717, 1.165) is 15.2 Å². The molecule has 1 fully saturated rings. The van der Waals surface area contributed by atoms with Crippen molar-refractivity contribution in [3.63, 3.8) is 0 Å². The van der Waals surface area contributed by atoms with Crippen LogP contribution in [0.4, 0.5) is 11.4 Å². The van der Waals surface area contributed by atoms with Gasteiger partial charge in [0.15, 0.2) is 0 Å². The summed E-state index contributed by atoms with van der Waals surface area (Å²) < 4.78 is 1.13. The van der Waals surface area contributed by atoms with Gasteiger partial charge in [0.05, 0.1) is 21.7 Å². The summed E-state index contributed by atoms with van der Waals surface area (Å²) in [6.45, 7) is 1.77. The maximum atomic E-state index is 12.9. The molecule has 0 saturated carbocycles. The van der Waals surface area contributed by atoms with Gasteiger partial charge in [0, 0.05) is 32.1 Å². The molecule has 8 heteroatoms. The number of fused-ring (bicyclic) bond motifs is 1. The van der Waals surface area contributed by atoms with Crippen LogP contribution in [0.1, 0.15) is 17.8 Å². The Kier molecular flexibility index (Phi) is 5.44.